The van der Waals surface area contributed by atoms with Crippen LogP contribution in [0.5, 0.6) is 0 Å². The van der Waals surface area contributed by atoms with Gasteiger partial charge < -0.3 is 10.3 Å². The highest BCUT2D eigenvalue weighted by Crippen LogP contribution is 2.37. The number of rotatable bonds is 5. The van der Waals surface area contributed by atoms with Gasteiger partial charge in [-0.25, -0.2) is 0 Å². The number of aromatic nitrogens is 1. The van der Waals surface area contributed by atoms with Gasteiger partial charge in [-0.05, 0) is 53.6 Å². The van der Waals surface area contributed by atoms with Crippen molar-refractivity contribution < 1.29 is 4.79 Å². The number of hydrogen-bond acceptors (Lipinski definition) is 1. The van der Waals surface area contributed by atoms with E-state index >= 15 is 0 Å². The normalized spacial score (nSPS) is 12.1. The summed E-state index contributed by atoms with van der Waals surface area (Å²) < 4.78 is 0. The van der Waals surface area contributed by atoms with Crippen LogP contribution in [0.3, 0.4) is 0 Å². The first kappa shape index (κ1) is 19.8. The lowest BCUT2D eigenvalue weighted by Gasteiger charge is -2.18. The second-order valence-electron chi connectivity index (χ2n) is 6.78. The van der Waals surface area contributed by atoms with E-state index in [4.69, 9.17) is 34.8 Å². The van der Waals surface area contributed by atoms with Gasteiger partial charge in [0, 0.05) is 40.1 Å². The van der Waals surface area contributed by atoms with Crippen molar-refractivity contribution in [2.45, 2.75) is 12.3 Å². The van der Waals surface area contributed by atoms with Gasteiger partial charge in [-0.3, -0.25) is 4.79 Å². The molecule has 1 aromatic heterocycles. The van der Waals surface area contributed by atoms with Crippen LogP contribution in [0.4, 0.5) is 5.69 Å². The lowest BCUT2D eigenvalue weighted by atomic mass is 9.88. The summed E-state index contributed by atoms with van der Waals surface area (Å²) in [4.78, 5) is 16.1. The number of fused-ring (bicyclic) bond motifs is 1. The average Bonchev–Trinajstić information content (AvgIpc) is 3.12. The molecule has 0 saturated carbocycles. The summed E-state index contributed by atoms with van der Waals surface area (Å²) in [6, 6.07) is 20.5. The van der Waals surface area contributed by atoms with Crippen LogP contribution in [0.15, 0.2) is 72.9 Å². The van der Waals surface area contributed by atoms with Gasteiger partial charge in [-0.1, -0.05) is 59.1 Å². The molecule has 0 aliphatic carbocycles. The predicted octanol–water partition coefficient (Wildman–Crippen LogP) is 7.29. The summed E-state index contributed by atoms with van der Waals surface area (Å²) in [5, 5.41) is 5.50. The van der Waals surface area contributed by atoms with Gasteiger partial charge in [0.05, 0.1) is 10.0 Å². The maximum Gasteiger partial charge on any atom is 0.225 e. The Balaban J connectivity index is 1.73. The maximum absolute atomic E-state index is 12.8. The van der Waals surface area contributed by atoms with Gasteiger partial charge in [-0.2, -0.15) is 0 Å². The number of para-hydroxylation sites is 1. The van der Waals surface area contributed by atoms with E-state index in [1.165, 1.54) is 0 Å². The maximum atomic E-state index is 12.8. The predicted molar refractivity (Wildman–Crippen MR) is 121 cm³/mol. The van der Waals surface area contributed by atoms with Crippen LogP contribution < -0.4 is 5.32 Å². The molecule has 1 atom stereocenters. The molecule has 0 aliphatic rings. The molecule has 0 radical (unpaired) electrons. The molecule has 29 heavy (non-hydrogen) atoms. The first-order valence-corrected chi connectivity index (χ1v) is 10.2. The number of amides is 1. The highest BCUT2D eigenvalue weighted by atomic mass is 35.5. The Labute approximate surface area is 183 Å². The van der Waals surface area contributed by atoms with Crippen LogP contribution in [0.25, 0.3) is 10.9 Å². The molecule has 1 unspecified atom stereocenters. The van der Waals surface area contributed by atoms with Crippen LogP contribution in [0.2, 0.25) is 15.1 Å². The minimum atomic E-state index is -0.222. The van der Waals surface area contributed by atoms with Crippen LogP contribution in [0, 0.1) is 0 Å². The van der Waals surface area contributed by atoms with E-state index in [2.05, 4.69) is 10.3 Å². The highest BCUT2D eigenvalue weighted by Gasteiger charge is 2.22. The third-order valence-electron chi connectivity index (χ3n) is 4.84. The van der Waals surface area contributed by atoms with Crippen molar-refractivity contribution in [2.75, 3.05) is 5.32 Å². The molecule has 0 spiro atoms. The second-order valence-corrected chi connectivity index (χ2v) is 8.03. The molecule has 1 heterocycles. The lowest BCUT2D eigenvalue weighted by Crippen LogP contribution is -2.16. The molecule has 0 fully saturated rings. The number of carbonyl (C=O) groups is 1. The first-order valence-electron chi connectivity index (χ1n) is 9.07. The molecular formula is C23H17Cl3N2O. The van der Waals surface area contributed by atoms with Crippen molar-refractivity contribution in [1.29, 1.82) is 0 Å². The number of carbonyl (C=O) groups excluding carboxylic acids is 1. The molecule has 4 rings (SSSR count). The molecule has 2 N–H and O–H groups in total. The van der Waals surface area contributed by atoms with Crippen LogP contribution in [-0.4, -0.2) is 10.9 Å². The SMILES string of the molecule is O=C(CC(c1ccc(Cl)c(Cl)c1)c1c[nH]c2ccc(Cl)cc12)Nc1ccccc1. The Morgan fingerprint density at radius 2 is 1.72 bits per heavy atom. The fourth-order valence-electron chi connectivity index (χ4n) is 3.46. The van der Waals surface area contributed by atoms with Crippen molar-refractivity contribution in [3.05, 3.63) is 99.1 Å². The molecule has 0 aliphatic heterocycles. The minimum absolute atomic E-state index is 0.0938. The first-order chi connectivity index (χ1) is 14.0. The summed E-state index contributed by atoms with van der Waals surface area (Å²) >= 11 is 18.6. The van der Waals surface area contributed by atoms with Gasteiger partial charge in [0.15, 0.2) is 0 Å². The summed E-state index contributed by atoms with van der Waals surface area (Å²) in [6.45, 7) is 0. The van der Waals surface area contributed by atoms with Crippen molar-refractivity contribution in [2.24, 2.45) is 0 Å². The number of hydrogen-bond donors (Lipinski definition) is 2. The van der Waals surface area contributed by atoms with E-state index in [1.807, 2.05) is 66.9 Å². The zero-order valence-electron chi connectivity index (χ0n) is 15.3. The number of anilines is 1. The van der Waals surface area contributed by atoms with E-state index in [9.17, 15) is 4.79 Å². The Morgan fingerprint density at radius 1 is 0.931 bits per heavy atom. The third-order valence-corrected chi connectivity index (χ3v) is 5.82. The number of nitrogens with one attached hydrogen (secondary N) is 2. The Morgan fingerprint density at radius 3 is 2.48 bits per heavy atom. The summed E-state index contributed by atoms with van der Waals surface area (Å²) in [5.41, 5.74) is 3.60. The van der Waals surface area contributed by atoms with E-state index in [0.717, 1.165) is 27.7 Å². The number of aromatic amines is 1. The zero-order chi connectivity index (χ0) is 20.4. The molecule has 0 saturated heterocycles. The van der Waals surface area contributed by atoms with E-state index in [-0.39, 0.29) is 18.2 Å². The Hall–Kier alpha value is -2.46. The lowest BCUT2D eigenvalue weighted by molar-refractivity contribution is -0.116. The Bertz CT molecular complexity index is 1170. The highest BCUT2D eigenvalue weighted by molar-refractivity contribution is 6.42. The summed E-state index contributed by atoms with van der Waals surface area (Å²) in [6.07, 6.45) is 2.16. The fourth-order valence-corrected chi connectivity index (χ4v) is 3.94. The number of benzene rings is 3. The standard InChI is InChI=1S/C23H17Cl3N2O/c24-15-7-9-22-18(11-15)19(13-27-22)17(14-6-8-20(25)21(26)10-14)12-23(29)28-16-4-2-1-3-5-16/h1-11,13,17,27H,12H2,(H,28,29). The number of H-pyrrole nitrogens is 1. The van der Waals surface area contributed by atoms with Crippen molar-refractivity contribution in [1.82, 2.24) is 4.98 Å². The van der Waals surface area contributed by atoms with Gasteiger partial charge in [0.25, 0.3) is 0 Å². The monoisotopic (exact) mass is 442 g/mol. The molecule has 3 aromatic carbocycles. The molecule has 3 nitrogen and oxygen atoms in total. The van der Waals surface area contributed by atoms with E-state index in [0.29, 0.717) is 15.1 Å². The molecule has 4 aromatic rings. The Kier molecular flexibility index (Phi) is 5.81. The van der Waals surface area contributed by atoms with E-state index < -0.39 is 0 Å². The largest absolute Gasteiger partial charge is 0.361 e. The molecule has 1 amide bonds. The van der Waals surface area contributed by atoms with E-state index in [1.54, 1.807) is 6.07 Å². The second kappa shape index (κ2) is 8.50. The summed E-state index contributed by atoms with van der Waals surface area (Å²) in [7, 11) is 0. The summed E-state index contributed by atoms with van der Waals surface area (Å²) in [5.74, 6) is -0.315. The fraction of sp³-hybridized carbons (Fsp3) is 0.0870. The number of halogens is 3. The smallest absolute Gasteiger partial charge is 0.225 e. The van der Waals surface area contributed by atoms with Gasteiger partial charge >= 0.3 is 0 Å². The van der Waals surface area contributed by atoms with Crippen molar-refractivity contribution in [3.8, 4) is 0 Å². The minimum Gasteiger partial charge on any atom is -0.361 e. The molecule has 0 bridgehead atoms. The van der Waals surface area contributed by atoms with Crippen molar-refractivity contribution in [3.63, 3.8) is 0 Å². The molecule has 6 heteroatoms. The average molecular weight is 444 g/mol. The van der Waals surface area contributed by atoms with Gasteiger partial charge in [0.2, 0.25) is 5.91 Å². The van der Waals surface area contributed by atoms with Crippen molar-refractivity contribution >= 4 is 57.3 Å². The molecule has 146 valence electrons. The molecular weight excluding hydrogens is 427 g/mol. The van der Waals surface area contributed by atoms with Crippen LogP contribution in [0.1, 0.15) is 23.5 Å². The van der Waals surface area contributed by atoms with Gasteiger partial charge in [-0.15, -0.1) is 0 Å². The van der Waals surface area contributed by atoms with Gasteiger partial charge in [0.1, 0.15) is 0 Å². The third kappa shape index (κ3) is 4.43. The topological polar surface area (TPSA) is 44.9 Å². The van der Waals surface area contributed by atoms with Crippen LogP contribution in [-0.2, 0) is 4.79 Å². The quantitative estimate of drug-likeness (QED) is 0.334. The van der Waals surface area contributed by atoms with Crippen LogP contribution >= 0.6 is 34.8 Å². The zero-order valence-corrected chi connectivity index (χ0v) is 17.5.